The molecular formula is C35H58O4. The lowest BCUT2D eigenvalue weighted by molar-refractivity contribution is -0.350. The lowest BCUT2D eigenvalue weighted by Gasteiger charge is -2.70. The van der Waals surface area contributed by atoms with Gasteiger partial charge in [-0.15, -0.1) is 0 Å². The molecule has 0 bridgehead atoms. The lowest BCUT2D eigenvalue weighted by atomic mass is 9.37. The Morgan fingerprint density at radius 2 is 1.54 bits per heavy atom. The summed E-state index contributed by atoms with van der Waals surface area (Å²) in [6.45, 7) is 21.3. The third-order valence-electron chi connectivity index (χ3n) is 13.8. The quantitative estimate of drug-likeness (QED) is 0.289. The summed E-state index contributed by atoms with van der Waals surface area (Å²) >= 11 is 0. The summed E-state index contributed by atoms with van der Waals surface area (Å²) in [5.41, 5.74) is 3.15. The summed E-state index contributed by atoms with van der Waals surface area (Å²) in [5.74, 6) is 2.29. The fraction of sp³-hybridized carbons (Fsp3) is 0.943. The molecule has 5 fully saturated rings. The van der Waals surface area contributed by atoms with E-state index in [0.717, 1.165) is 25.4 Å². The predicted octanol–water partition coefficient (Wildman–Crippen LogP) is 7.93. The number of hydrogen-bond acceptors (Lipinski definition) is 4. The Labute approximate surface area is 239 Å². The normalized spacial score (nSPS) is 51.9. The smallest absolute Gasteiger partial charge is 0.163 e. The molecule has 6 rings (SSSR count). The third kappa shape index (κ3) is 4.27. The van der Waals surface area contributed by atoms with Crippen LogP contribution < -0.4 is 0 Å². The van der Waals surface area contributed by atoms with Gasteiger partial charge in [0.15, 0.2) is 5.79 Å². The minimum atomic E-state index is -0.453. The molecule has 0 aromatic rings. The third-order valence-corrected chi connectivity index (χ3v) is 13.8. The first-order valence-corrected chi connectivity index (χ1v) is 16.4. The molecule has 1 N–H and O–H groups in total. The van der Waals surface area contributed by atoms with E-state index in [1.807, 2.05) is 0 Å². The van der Waals surface area contributed by atoms with Gasteiger partial charge in [-0.25, -0.2) is 0 Å². The van der Waals surface area contributed by atoms with Crippen molar-refractivity contribution in [2.45, 2.75) is 138 Å². The number of hydrogen-bond donors (Lipinski definition) is 1. The second-order valence-corrected chi connectivity index (χ2v) is 17.1. The van der Waals surface area contributed by atoms with Gasteiger partial charge in [0.05, 0.1) is 18.8 Å². The van der Waals surface area contributed by atoms with Crippen molar-refractivity contribution in [3.05, 3.63) is 11.6 Å². The van der Waals surface area contributed by atoms with Crippen LogP contribution >= 0.6 is 0 Å². The van der Waals surface area contributed by atoms with Crippen molar-refractivity contribution in [2.75, 3.05) is 19.8 Å². The molecule has 1 aliphatic heterocycles. The Morgan fingerprint density at radius 1 is 0.821 bits per heavy atom. The SMILES string of the molecule is CC1(C)C[C@@H](OCCCO)[C@]2(C)CCC3C(=CCC4[C@@]3(C)CCC3[C@]4(C)CC[C@@H]4OC(C)(C)OC[C@]34C)[C@@H]2C1. The molecule has 0 radical (unpaired) electrons. The van der Waals surface area contributed by atoms with Crippen LogP contribution in [0.1, 0.15) is 120 Å². The van der Waals surface area contributed by atoms with Crippen LogP contribution in [0.5, 0.6) is 0 Å². The first kappa shape index (κ1) is 28.7. The van der Waals surface area contributed by atoms with Gasteiger partial charge in [-0.2, -0.15) is 0 Å². The zero-order valence-corrected chi connectivity index (χ0v) is 26.4. The summed E-state index contributed by atoms with van der Waals surface area (Å²) in [6, 6.07) is 0. The van der Waals surface area contributed by atoms with Crippen LogP contribution in [0.15, 0.2) is 11.6 Å². The van der Waals surface area contributed by atoms with E-state index in [-0.39, 0.29) is 17.4 Å². The molecule has 1 saturated heterocycles. The van der Waals surface area contributed by atoms with Crippen LogP contribution in [0.4, 0.5) is 0 Å². The second-order valence-electron chi connectivity index (χ2n) is 17.1. The number of aliphatic hydroxyl groups excluding tert-OH is 1. The fourth-order valence-electron chi connectivity index (χ4n) is 11.7. The van der Waals surface area contributed by atoms with Crippen LogP contribution in [-0.2, 0) is 14.2 Å². The molecule has 0 spiro atoms. The zero-order chi connectivity index (χ0) is 28.1. The van der Waals surface area contributed by atoms with Crippen molar-refractivity contribution < 1.29 is 19.3 Å². The highest BCUT2D eigenvalue weighted by atomic mass is 16.7. The number of allylic oxidation sites excluding steroid dienone is 2. The van der Waals surface area contributed by atoms with Gasteiger partial charge in [0.25, 0.3) is 0 Å². The van der Waals surface area contributed by atoms with Crippen molar-refractivity contribution in [3.63, 3.8) is 0 Å². The largest absolute Gasteiger partial charge is 0.396 e. The molecule has 5 aliphatic carbocycles. The van der Waals surface area contributed by atoms with Crippen LogP contribution in [0, 0.1) is 50.7 Å². The number of rotatable bonds is 4. The van der Waals surface area contributed by atoms with Crippen LogP contribution in [-0.4, -0.2) is 42.9 Å². The summed E-state index contributed by atoms with van der Waals surface area (Å²) < 4.78 is 19.5. The first-order chi connectivity index (χ1) is 18.2. The standard InChI is InChI=1S/C35H58O4/c1-30(2)20-25-23-10-11-26-32(5,24(23)12-15-33(25,6)29(21-30)37-19-9-18-36)16-13-27-34(26,7)17-14-28-35(27,8)22-38-31(3,4)39-28/h10,24-29,36H,9,11-22H2,1-8H3/t24?,25-,26?,27?,28-,29+,32-,33+,34+,35+/m0/s1. The van der Waals surface area contributed by atoms with E-state index in [0.29, 0.717) is 52.8 Å². The van der Waals surface area contributed by atoms with Crippen LogP contribution in [0.25, 0.3) is 0 Å². The molecule has 0 aromatic carbocycles. The van der Waals surface area contributed by atoms with Gasteiger partial charge in [-0.3, -0.25) is 0 Å². The Balaban J connectivity index is 1.31. The molecule has 4 heteroatoms. The van der Waals surface area contributed by atoms with E-state index in [1.54, 1.807) is 5.57 Å². The lowest BCUT2D eigenvalue weighted by Crippen LogP contribution is -2.66. The molecule has 4 saturated carbocycles. The van der Waals surface area contributed by atoms with E-state index < -0.39 is 5.79 Å². The van der Waals surface area contributed by atoms with Gasteiger partial charge in [0.2, 0.25) is 0 Å². The highest BCUT2D eigenvalue weighted by molar-refractivity contribution is 5.30. The molecule has 1 heterocycles. The Kier molecular flexibility index (Phi) is 6.83. The average Bonchev–Trinajstić information content (AvgIpc) is 2.85. The average molecular weight is 543 g/mol. The molecule has 10 atom stereocenters. The van der Waals surface area contributed by atoms with Gasteiger partial charge >= 0.3 is 0 Å². The minimum absolute atomic E-state index is 0.117. The monoisotopic (exact) mass is 542 g/mol. The van der Waals surface area contributed by atoms with Crippen molar-refractivity contribution >= 4 is 0 Å². The van der Waals surface area contributed by atoms with Gasteiger partial charge in [0, 0.05) is 24.0 Å². The highest BCUT2D eigenvalue weighted by Gasteiger charge is 2.67. The van der Waals surface area contributed by atoms with Gasteiger partial charge in [-0.1, -0.05) is 53.2 Å². The molecule has 39 heavy (non-hydrogen) atoms. The van der Waals surface area contributed by atoms with Crippen LogP contribution in [0.3, 0.4) is 0 Å². The van der Waals surface area contributed by atoms with Crippen molar-refractivity contribution in [2.24, 2.45) is 50.7 Å². The highest BCUT2D eigenvalue weighted by Crippen LogP contribution is 2.72. The van der Waals surface area contributed by atoms with Gasteiger partial charge in [0.1, 0.15) is 0 Å². The van der Waals surface area contributed by atoms with Crippen molar-refractivity contribution in [1.29, 1.82) is 0 Å². The fourth-order valence-corrected chi connectivity index (χ4v) is 11.7. The van der Waals surface area contributed by atoms with Gasteiger partial charge in [-0.05, 0) is 118 Å². The Morgan fingerprint density at radius 3 is 2.28 bits per heavy atom. The van der Waals surface area contributed by atoms with E-state index in [1.165, 1.54) is 51.4 Å². The minimum Gasteiger partial charge on any atom is -0.396 e. The summed E-state index contributed by atoms with van der Waals surface area (Å²) in [7, 11) is 0. The number of aliphatic hydroxyl groups is 1. The molecule has 0 amide bonds. The second kappa shape index (κ2) is 9.29. The van der Waals surface area contributed by atoms with E-state index in [2.05, 4.69) is 61.5 Å². The van der Waals surface area contributed by atoms with Gasteiger partial charge < -0.3 is 19.3 Å². The summed E-state index contributed by atoms with van der Waals surface area (Å²) in [5, 5.41) is 9.39. The zero-order valence-electron chi connectivity index (χ0n) is 26.4. The maximum atomic E-state index is 9.39. The summed E-state index contributed by atoms with van der Waals surface area (Å²) in [4.78, 5) is 0. The maximum absolute atomic E-state index is 9.39. The Bertz CT molecular complexity index is 985. The maximum Gasteiger partial charge on any atom is 0.163 e. The molecule has 0 aromatic heterocycles. The topological polar surface area (TPSA) is 47.9 Å². The molecule has 4 nitrogen and oxygen atoms in total. The van der Waals surface area contributed by atoms with E-state index >= 15 is 0 Å². The molecule has 222 valence electrons. The Hall–Kier alpha value is -0.420. The van der Waals surface area contributed by atoms with Crippen molar-refractivity contribution in [3.8, 4) is 0 Å². The number of fused-ring (bicyclic) bond motifs is 9. The molecule has 6 aliphatic rings. The van der Waals surface area contributed by atoms with E-state index in [9.17, 15) is 5.11 Å². The van der Waals surface area contributed by atoms with E-state index in [4.69, 9.17) is 14.2 Å². The first-order valence-electron chi connectivity index (χ1n) is 16.4. The van der Waals surface area contributed by atoms with Crippen LogP contribution in [0.2, 0.25) is 0 Å². The number of ether oxygens (including phenoxy) is 3. The van der Waals surface area contributed by atoms with Crippen molar-refractivity contribution in [1.82, 2.24) is 0 Å². The molecular weight excluding hydrogens is 484 g/mol. The predicted molar refractivity (Wildman–Crippen MR) is 156 cm³/mol. The molecule has 3 unspecified atom stereocenters. The summed E-state index contributed by atoms with van der Waals surface area (Å²) in [6.07, 6.45) is 15.5.